The van der Waals surface area contributed by atoms with Gasteiger partial charge in [0.1, 0.15) is 5.75 Å². The first-order chi connectivity index (χ1) is 11.3. The van der Waals surface area contributed by atoms with Crippen LogP contribution in [0.4, 0.5) is 0 Å². The minimum atomic E-state index is 0.362. The maximum Gasteiger partial charge on any atom is 0.119 e. The molecule has 0 heterocycles. The third kappa shape index (κ3) is 4.12. The fraction of sp³-hybridized carbons (Fsp3) is 0.400. The zero-order valence-electron chi connectivity index (χ0n) is 13.8. The number of nitrogens with two attached hydrogens (primary N) is 1. The van der Waals surface area contributed by atoms with Crippen molar-refractivity contribution < 1.29 is 4.74 Å². The Bertz CT molecular complexity index is 616. The van der Waals surface area contributed by atoms with Crippen molar-refractivity contribution in [2.45, 2.75) is 31.8 Å². The predicted octanol–water partition coefficient (Wildman–Crippen LogP) is 2.92. The Labute approximate surface area is 138 Å². The Hall–Kier alpha value is -1.84. The second-order valence-corrected chi connectivity index (χ2v) is 6.44. The van der Waals surface area contributed by atoms with Gasteiger partial charge in [0.2, 0.25) is 0 Å². The van der Waals surface area contributed by atoms with Crippen LogP contribution in [0.3, 0.4) is 0 Å². The van der Waals surface area contributed by atoms with E-state index in [1.807, 2.05) is 12.1 Å². The molecule has 1 atom stereocenters. The Morgan fingerprint density at radius 2 is 1.87 bits per heavy atom. The number of nitrogens with one attached hydrogen (secondary N) is 1. The van der Waals surface area contributed by atoms with Crippen molar-refractivity contribution in [3.63, 3.8) is 0 Å². The third-order valence-electron chi connectivity index (χ3n) is 4.77. The molecule has 0 bridgehead atoms. The molecule has 0 aromatic heterocycles. The molecule has 1 unspecified atom stereocenters. The van der Waals surface area contributed by atoms with Crippen LogP contribution in [0.15, 0.2) is 48.5 Å². The molecule has 0 aliphatic heterocycles. The van der Waals surface area contributed by atoms with Crippen LogP contribution < -0.4 is 15.8 Å². The lowest BCUT2D eigenvalue weighted by Gasteiger charge is -2.20. The fourth-order valence-electron chi connectivity index (χ4n) is 3.53. The number of methoxy groups -OCH3 is 1. The summed E-state index contributed by atoms with van der Waals surface area (Å²) in [5.41, 5.74) is 10.3. The van der Waals surface area contributed by atoms with E-state index >= 15 is 0 Å². The van der Waals surface area contributed by atoms with E-state index in [9.17, 15) is 0 Å². The van der Waals surface area contributed by atoms with E-state index < -0.39 is 0 Å². The van der Waals surface area contributed by atoms with Crippen LogP contribution in [-0.4, -0.2) is 19.7 Å². The summed E-state index contributed by atoms with van der Waals surface area (Å²) in [6.45, 7) is 1.51. The molecule has 3 rings (SSSR count). The average molecular weight is 310 g/mol. The molecule has 0 radical (unpaired) electrons. The van der Waals surface area contributed by atoms with Crippen LogP contribution in [0, 0.1) is 5.92 Å². The van der Waals surface area contributed by atoms with Crippen LogP contribution in [0.25, 0.3) is 0 Å². The van der Waals surface area contributed by atoms with Crippen LogP contribution in [0.5, 0.6) is 5.75 Å². The van der Waals surface area contributed by atoms with Crippen molar-refractivity contribution in [3.8, 4) is 5.75 Å². The lowest BCUT2D eigenvalue weighted by atomic mass is 9.96. The highest BCUT2D eigenvalue weighted by molar-refractivity contribution is 5.32. The van der Waals surface area contributed by atoms with Gasteiger partial charge < -0.3 is 15.8 Å². The molecule has 1 aliphatic rings. The molecule has 0 saturated carbocycles. The van der Waals surface area contributed by atoms with Gasteiger partial charge in [-0.25, -0.2) is 0 Å². The Morgan fingerprint density at radius 1 is 1.13 bits per heavy atom. The third-order valence-corrected chi connectivity index (χ3v) is 4.77. The van der Waals surface area contributed by atoms with Gasteiger partial charge >= 0.3 is 0 Å². The predicted molar refractivity (Wildman–Crippen MR) is 94.6 cm³/mol. The van der Waals surface area contributed by atoms with E-state index in [0.29, 0.717) is 18.5 Å². The van der Waals surface area contributed by atoms with E-state index in [-0.39, 0.29) is 0 Å². The van der Waals surface area contributed by atoms with Gasteiger partial charge in [-0.15, -0.1) is 0 Å². The second-order valence-electron chi connectivity index (χ2n) is 6.44. The van der Waals surface area contributed by atoms with Crippen molar-refractivity contribution in [1.29, 1.82) is 0 Å². The van der Waals surface area contributed by atoms with Crippen LogP contribution >= 0.6 is 0 Å². The molecule has 0 spiro atoms. The summed E-state index contributed by atoms with van der Waals surface area (Å²) >= 11 is 0. The normalized spacial score (nSPS) is 15.4. The molecule has 3 N–H and O–H groups in total. The molecular formula is C20H26N2O. The Balaban J connectivity index is 1.52. The summed E-state index contributed by atoms with van der Waals surface area (Å²) < 4.78 is 5.28. The fourth-order valence-corrected chi connectivity index (χ4v) is 3.53. The minimum absolute atomic E-state index is 0.362. The number of rotatable bonds is 7. The van der Waals surface area contributed by atoms with Gasteiger partial charge in [0.15, 0.2) is 0 Å². The quantitative estimate of drug-likeness (QED) is 0.826. The molecule has 3 heteroatoms. The first kappa shape index (κ1) is 16.0. The molecule has 1 aliphatic carbocycles. The topological polar surface area (TPSA) is 47.3 Å². The summed E-state index contributed by atoms with van der Waals surface area (Å²) in [6, 6.07) is 17.4. The molecule has 0 fully saturated rings. The standard InChI is InChI=1S/C20H26N2O/c1-23-20-8-4-5-15(12-20)14-22-19(13-21)11-16-9-17-6-2-3-7-18(17)10-16/h2-8,12,16,19,22H,9-11,13-14,21H2,1H3. The molecule has 0 amide bonds. The summed E-state index contributed by atoms with van der Waals surface area (Å²) in [5.74, 6) is 1.61. The molecule has 122 valence electrons. The van der Waals surface area contributed by atoms with Crippen molar-refractivity contribution in [3.05, 3.63) is 65.2 Å². The zero-order chi connectivity index (χ0) is 16.1. The first-order valence-electron chi connectivity index (χ1n) is 8.41. The van der Waals surface area contributed by atoms with Crippen molar-refractivity contribution in [1.82, 2.24) is 5.32 Å². The van der Waals surface area contributed by atoms with E-state index in [1.54, 1.807) is 7.11 Å². The Kier molecular flexibility index (Phi) is 5.31. The zero-order valence-corrected chi connectivity index (χ0v) is 13.8. The highest BCUT2D eigenvalue weighted by Crippen LogP contribution is 2.29. The van der Waals surface area contributed by atoms with E-state index in [4.69, 9.17) is 10.5 Å². The molecule has 23 heavy (non-hydrogen) atoms. The van der Waals surface area contributed by atoms with Gasteiger partial charge in [-0.1, -0.05) is 36.4 Å². The minimum Gasteiger partial charge on any atom is -0.497 e. The molecule has 3 nitrogen and oxygen atoms in total. The van der Waals surface area contributed by atoms with Crippen LogP contribution in [0.2, 0.25) is 0 Å². The molecular weight excluding hydrogens is 284 g/mol. The Morgan fingerprint density at radius 3 is 2.52 bits per heavy atom. The highest BCUT2D eigenvalue weighted by atomic mass is 16.5. The van der Waals surface area contributed by atoms with Crippen LogP contribution in [-0.2, 0) is 19.4 Å². The van der Waals surface area contributed by atoms with Gasteiger partial charge in [-0.3, -0.25) is 0 Å². The van der Waals surface area contributed by atoms with Gasteiger partial charge in [-0.2, -0.15) is 0 Å². The van der Waals surface area contributed by atoms with Gasteiger partial charge in [-0.05, 0) is 54.0 Å². The smallest absolute Gasteiger partial charge is 0.119 e. The number of hydrogen-bond donors (Lipinski definition) is 2. The van der Waals surface area contributed by atoms with Crippen molar-refractivity contribution in [2.24, 2.45) is 11.7 Å². The highest BCUT2D eigenvalue weighted by Gasteiger charge is 2.23. The maximum atomic E-state index is 5.99. The summed E-state index contributed by atoms with van der Waals surface area (Å²) in [4.78, 5) is 0. The number of ether oxygens (including phenoxy) is 1. The van der Waals surface area contributed by atoms with Gasteiger partial charge in [0.05, 0.1) is 7.11 Å². The second kappa shape index (κ2) is 7.62. The average Bonchev–Trinajstić information content (AvgIpc) is 3.01. The number of fused-ring (bicyclic) bond motifs is 1. The molecule has 0 saturated heterocycles. The van der Waals surface area contributed by atoms with E-state index in [1.165, 1.54) is 29.5 Å². The largest absolute Gasteiger partial charge is 0.497 e. The first-order valence-corrected chi connectivity index (χ1v) is 8.41. The van der Waals surface area contributed by atoms with E-state index in [2.05, 4.69) is 41.7 Å². The maximum absolute atomic E-state index is 5.99. The van der Waals surface area contributed by atoms with E-state index in [0.717, 1.165) is 18.7 Å². The van der Waals surface area contributed by atoms with Crippen molar-refractivity contribution >= 4 is 0 Å². The summed E-state index contributed by atoms with van der Waals surface area (Å²) in [6.07, 6.45) is 3.51. The summed E-state index contributed by atoms with van der Waals surface area (Å²) in [7, 11) is 1.70. The van der Waals surface area contributed by atoms with Gasteiger partial charge in [0.25, 0.3) is 0 Å². The molecule has 2 aromatic rings. The monoisotopic (exact) mass is 310 g/mol. The SMILES string of the molecule is COc1cccc(CNC(CN)CC2Cc3ccccc3C2)c1. The lowest BCUT2D eigenvalue weighted by molar-refractivity contribution is 0.393. The van der Waals surface area contributed by atoms with Crippen molar-refractivity contribution in [2.75, 3.05) is 13.7 Å². The number of hydrogen-bond acceptors (Lipinski definition) is 3. The van der Waals surface area contributed by atoms with Gasteiger partial charge in [0, 0.05) is 19.1 Å². The van der Waals surface area contributed by atoms with Crippen LogP contribution in [0.1, 0.15) is 23.1 Å². The summed E-state index contributed by atoms with van der Waals surface area (Å²) in [5, 5.41) is 3.61. The number of benzene rings is 2. The molecule has 2 aromatic carbocycles. The lowest BCUT2D eigenvalue weighted by Crippen LogP contribution is -2.37.